The number of nitrogens with one attached hydrogen (secondary N) is 1. The van der Waals surface area contributed by atoms with Gasteiger partial charge in [0.2, 0.25) is 0 Å². The van der Waals surface area contributed by atoms with Gasteiger partial charge in [-0.25, -0.2) is 0 Å². The molecule has 0 aromatic heterocycles. The van der Waals surface area contributed by atoms with E-state index in [0.29, 0.717) is 6.54 Å². The second kappa shape index (κ2) is 7.17. The van der Waals surface area contributed by atoms with Gasteiger partial charge < -0.3 is 10.1 Å². The van der Waals surface area contributed by atoms with Crippen LogP contribution in [0, 0.1) is 19.8 Å². The number of ether oxygens (including phenoxy) is 1. The summed E-state index contributed by atoms with van der Waals surface area (Å²) in [6.07, 6.45) is 0.798. The van der Waals surface area contributed by atoms with E-state index in [1.54, 1.807) is 0 Å². The maximum Gasteiger partial charge on any atom is 0.309 e. The van der Waals surface area contributed by atoms with E-state index in [1.165, 1.54) is 23.8 Å². The lowest BCUT2D eigenvalue weighted by molar-refractivity contribution is -0.145. The standard InChI is InChI=1S/C15H23NO2/c1-5-13(15(17)18-4)9-16-10-14-8-11(2)6-7-12(14)3/h6-8,13,16H,5,9-10H2,1-4H3. The van der Waals surface area contributed by atoms with Crippen molar-refractivity contribution in [3.05, 3.63) is 34.9 Å². The molecule has 3 heteroatoms. The van der Waals surface area contributed by atoms with Crippen LogP contribution in [-0.4, -0.2) is 19.6 Å². The predicted molar refractivity (Wildman–Crippen MR) is 73.4 cm³/mol. The number of carbonyl (C=O) groups is 1. The number of benzene rings is 1. The molecule has 1 rings (SSSR count). The number of esters is 1. The summed E-state index contributed by atoms with van der Waals surface area (Å²) < 4.78 is 4.77. The van der Waals surface area contributed by atoms with Gasteiger partial charge >= 0.3 is 5.97 Å². The number of hydrogen-bond donors (Lipinski definition) is 1. The van der Waals surface area contributed by atoms with Crippen molar-refractivity contribution >= 4 is 5.97 Å². The molecule has 0 amide bonds. The lowest BCUT2D eigenvalue weighted by Crippen LogP contribution is -2.28. The van der Waals surface area contributed by atoms with E-state index in [9.17, 15) is 4.79 Å². The molecule has 0 aliphatic heterocycles. The lowest BCUT2D eigenvalue weighted by atomic mass is 10.0. The van der Waals surface area contributed by atoms with Gasteiger partial charge in [0.1, 0.15) is 0 Å². The Morgan fingerprint density at radius 1 is 1.39 bits per heavy atom. The second-order valence-electron chi connectivity index (χ2n) is 4.69. The first-order valence-corrected chi connectivity index (χ1v) is 6.43. The zero-order valence-corrected chi connectivity index (χ0v) is 11.7. The van der Waals surface area contributed by atoms with Crippen molar-refractivity contribution in [2.45, 2.75) is 33.7 Å². The Labute approximate surface area is 110 Å². The minimum atomic E-state index is -0.133. The molecule has 100 valence electrons. The van der Waals surface area contributed by atoms with Crippen molar-refractivity contribution in [3.8, 4) is 0 Å². The van der Waals surface area contributed by atoms with Gasteiger partial charge in [0.05, 0.1) is 13.0 Å². The molecule has 1 N–H and O–H groups in total. The van der Waals surface area contributed by atoms with Gasteiger partial charge in [-0.05, 0) is 31.4 Å². The van der Waals surface area contributed by atoms with Crippen LogP contribution in [0.1, 0.15) is 30.0 Å². The first-order valence-electron chi connectivity index (χ1n) is 6.43. The van der Waals surface area contributed by atoms with E-state index in [0.717, 1.165) is 13.0 Å². The zero-order chi connectivity index (χ0) is 13.5. The molecule has 1 unspecified atom stereocenters. The van der Waals surface area contributed by atoms with Gasteiger partial charge in [-0.15, -0.1) is 0 Å². The molecule has 0 aliphatic rings. The van der Waals surface area contributed by atoms with Gasteiger partial charge in [0, 0.05) is 13.1 Å². The summed E-state index contributed by atoms with van der Waals surface area (Å²) in [7, 11) is 1.44. The van der Waals surface area contributed by atoms with Crippen molar-refractivity contribution in [2.24, 2.45) is 5.92 Å². The molecular weight excluding hydrogens is 226 g/mol. The molecule has 3 nitrogen and oxygen atoms in total. The maximum absolute atomic E-state index is 11.4. The van der Waals surface area contributed by atoms with E-state index >= 15 is 0 Å². The summed E-state index contributed by atoms with van der Waals surface area (Å²) in [5.41, 5.74) is 3.83. The second-order valence-corrected chi connectivity index (χ2v) is 4.69. The summed E-state index contributed by atoms with van der Waals surface area (Å²) in [6.45, 7) is 7.65. The zero-order valence-electron chi connectivity index (χ0n) is 11.7. The molecule has 0 saturated heterocycles. The third kappa shape index (κ3) is 4.15. The Bertz CT molecular complexity index is 401. The highest BCUT2D eigenvalue weighted by Gasteiger charge is 2.16. The Kier molecular flexibility index (Phi) is 5.86. The predicted octanol–water partition coefficient (Wildman–Crippen LogP) is 2.59. The molecule has 0 spiro atoms. The molecule has 0 heterocycles. The average Bonchev–Trinajstić information content (AvgIpc) is 2.37. The van der Waals surface area contributed by atoms with Crippen molar-refractivity contribution in [1.29, 1.82) is 0 Å². The Morgan fingerprint density at radius 2 is 2.11 bits per heavy atom. The number of carbonyl (C=O) groups excluding carboxylic acids is 1. The van der Waals surface area contributed by atoms with Gasteiger partial charge in [-0.3, -0.25) is 4.79 Å². The highest BCUT2D eigenvalue weighted by Crippen LogP contribution is 2.11. The van der Waals surface area contributed by atoms with Crippen molar-refractivity contribution in [3.63, 3.8) is 0 Å². The van der Waals surface area contributed by atoms with Crippen LogP contribution in [0.15, 0.2) is 18.2 Å². The minimum Gasteiger partial charge on any atom is -0.469 e. The fourth-order valence-electron chi connectivity index (χ4n) is 1.93. The molecular formula is C15H23NO2. The lowest BCUT2D eigenvalue weighted by Gasteiger charge is -2.14. The summed E-state index contributed by atoms with van der Waals surface area (Å²) in [4.78, 5) is 11.4. The molecule has 0 aliphatic carbocycles. The van der Waals surface area contributed by atoms with E-state index < -0.39 is 0 Å². The van der Waals surface area contributed by atoms with Crippen molar-refractivity contribution < 1.29 is 9.53 Å². The van der Waals surface area contributed by atoms with Gasteiger partial charge in [-0.2, -0.15) is 0 Å². The largest absolute Gasteiger partial charge is 0.469 e. The molecule has 0 saturated carbocycles. The summed E-state index contributed by atoms with van der Waals surface area (Å²) in [5.74, 6) is -0.189. The maximum atomic E-state index is 11.4. The Balaban J connectivity index is 2.50. The SMILES string of the molecule is CCC(CNCc1cc(C)ccc1C)C(=O)OC. The quantitative estimate of drug-likeness (QED) is 0.788. The Morgan fingerprint density at radius 3 is 2.72 bits per heavy atom. The van der Waals surface area contributed by atoms with Crippen molar-refractivity contribution in [2.75, 3.05) is 13.7 Å². The molecule has 0 radical (unpaired) electrons. The Hall–Kier alpha value is -1.35. The van der Waals surface area contributed by atoms with E-state index in [4.69, 9.17) is 4.74 Å². The van der Waals surface area contributed by atoms with E-state index in [1.807, 2.05) is 6.92 Å². The fourth-order valence-corrected chi connectivity index (χ4v) is 1.93. The molecule has 18 heavy (non-hydrogen) atoms. The first kappa shape index (κ1) is 14.7. The van der Waals surface area contributed by atoms with Crippen LogP contribution in [0.3, 0.4) is 0 Å². The first-order chi connectivity index (χ1) is 8.58. The molecule has 1 aromatic rings. The third-order valence-electron chi connectivity index (χ3n) is 3.24. The number of rotatable bonds is 6. The monoisotopic (exact) mass is 249 g/mol. The van der Waals surface area contributed by atoms with Crippen LogP contribution < -0.4 is 5.32 Å². The minimum absolute atomic E-state index is 0.0554. The number of methoxy groups -OCH3 is 1. The molecule has 0 bridgehead atoms. The topological polar surface area (TPSA) is 38.3 Å². The van der Waals surface area contributed by atoms with Crippen LogP contribution in [-0.2, 0) is 16.1 Å². The number of hydrogen-bond acceptors (Lipinski definition) is 3. The highest BCUT2D eigenvalue weighted by atomic mass is 16.5. The molecule has 1 aromatic carbocycles. The highest BCUT2D eigenvalue weighted by molar-refractivity contribution is 5.72. The van der Waals surface area contributed by atoms with Crippen LogP contribution in [0.25, 0.3) is 0 Å². The van der Waals surface area contributed by atoms with E-state index in [2.05, 4.69) is 37.4 Å². The molecule has 0 fully saturated rings. The summed E-state index contributed by atoms with van der Waals surface area (Å²) in [6, 6.07) is 6.42. The van der Waals surface area contributed by atoms with Gasteiger partial charge in [0.25, 0.3) is 0 Å². The van der Waals surface area contributed by atoms with Crippen molar-refractivity contribution in [1.82, 2.24) is 5.32 Å². The third-order valence-corrected chi connectivity index (χ3v) is 3.24. The van der Waals surface area contributed by atoms with Gasteiger partial charge in [-0.1, -0.05) is 30.7 Å². The normalized spacial score (nSPS) is 12.2. The summed E-state index contributed by atoms with van der Waals surface area (Å²) in [5, 5.41) is 3.34. The smallest absolute Gasteiger partial charge is 0.309 e. The van der Waals surface area contributed by atoms with Gasteiger partial charge in [0.15, 0.2) is 0 Å². The molecule has 1 atom stereocenters. The van der Waals surface area contributed by atoms with Crippen LogP contribution in [0.4, 0.5) is 0 Å². The van der Waals surface area contributed by atoms with Crippen LogP contribution in [0.5, 0.6) is 0 Å². The number of aryl methyl sites for hydroxylation is 2. The van der Waals surface area contributed by atoms with Crippen LogP contribution in [0.2, 0.25) is 0 Å². The van der Waals surface area contributed by atoms with Crippen LogP contribution >= 0.6 is 0 Å². The fraction of sp³-hybridized carbons (Fsp3) is 0.533. The summed E-state index contributed by atoms with van der Waals surface area (Å²) >= 11 is 0. The van der Waals surface area contributed by atoms with E-state index in [-0.39, 0.29) is 11.9 Å². The average molecular weight is 249 g/mol.